The van der Waals surface area contributed by atoms with Crippen LogP contribution in [0.3, 0.4) is 0 Å². The van der Waals surface area contributed by atoms with Crippen molar-refractivity contribution in [3.63, 3.8) is 0 Å². The Bertz CT molecular complexity index is 290. The van der Waals surface area contributed by atoms with Gasteiger partial charge in [-0.3, -0.25) is 4.79 Å². The second kappa shape index (κ2) is 8.82. The predicted molar refractivity (Wildman–Crippen MR) is 80.3 cm³/mol. The summed E-state index contributed by atoms with van der Waals surface area (Å²) in [5.41, 5.74) is 0.244. The van der Waals surface area contributed by atoms with Crippen molar-refractivity contribution in [1.82, 2.24) is 10.6 Å². The molecule has 2 aliphatic rings. The number of carbonyl (C=O) groups is 1. The molecule has 5 nitrogen and oxygen atoms in total. The van der Waals surface area contributed by atoms with Crippen LogP contribution in [0.4, 0.5) is 0 Å². The minimum absolute atomic E-state index is 0. The summed E-state index contributed by atoms with van der Waals surface area (Å²) in [6, 6.07) is 0. The van der Waals surface area contributed by atoms with E-state index in [1.807, 2.05) is 0 Å². The molecule has 1 saturated carbocycles. The summed E-state index contributed by atoms with van der Waals surface area (Å²) in [5, 5.41) is 6.27. The second-order valence-electron chi connectivity index (χ2n) is 5.73. The molecule has 20 heavy (non-hydrogen) atoms. The number of amides is 1. The van der Waals surface area contributed by atoms with Crippen LogP contribution in [0.15, 0.2) is 0 Å². The normalized spacial score (nSPS) is 24.9. The van der Waals surface area contributed by atoms with E-state index in [0.717, 1.165) is 26.1 Å². The van der Waals surface area contributed by atoms with E-state index in [4.69, 9.17) is 9.47 Å². The second-order valence-corrected chi connectivity index (χ2v) is 5.73. The van der Waals surface area contributed by atoms with E-state index in [9.17, 15) is 4.79 Å². The number of nitrogens with one attached hydrogen (secondary N) is 2. The molecule has 0 aromatic heterocycles. The third kappa shape index (κ3) is 4.88. The highest BCUT2D eigenvalue weighted by atomic mass is 35.5. The molecule has 2 fully saturated rings. The van der Waals surface area contributed by atoms with Crippen LogP contribution >= 0.6 is 12.4 Å². The van der Waals surface area contributed by atoms with E-state index in [1.54, 1.807) is 7.11 Å². The van der Waals surface area contributed by atoms with Crippen molar-refractivity contribution in [3.8, 4) is 0 Å². The van der Waals surface area contributed by atoms with Gasteiger partial charge in [-0.05, 0) is 24.7 Å². The van der Waals surface area contributed by atoms with Gasteiger partial charge >= 0.3 is 0 Å². The molecule has 118 valence electrons. The van der Waals surface area contributed by atoms with Crippen molar-refractivity contribution in [3.05, 3.63) is 0 Å². The quantitative estimate of drug-likeness (QED) is 0.772. The van der Waals surface area contributed by atoms with Crippen molar-refractivity contribution < 1.29 is 14.3 Å². The maximum Gasteiger partial charge on any atom is 0.250 e. The Balaban J connectivity index is 0.00000200. The van der Waals surface area contributed by atoms with Crippen LogP contribution in [0.2, 0.25) is 0 Å². The minimum Gasteiger partial charge on any atom is -0.385 e. The Kier molecular flexibility index (Phi) is 7.80. The summed E-state index contributed by atoms with van der Waals surface area (Å²) in [6.45, 7) is 3.61. The fraction of sp³-hybridized carbons (Fsp3) is 0.929. The maximum absolute atomic E-state index is 12.1. The first-order valence-electron chi connectivity index (χ1n) is 7.35. The monoisotopic (exact) mass is 306 g/mol. The summed E-state index contributed by atoms with van der Waals surface area (Å²) in [6.07, 6.45) is 5.63. The third-order valence-corrected chi connectivity index (χ3v) is 4.36. The number of ether oxygens (including phenoxy) is 2. The first kappa shape index (κ1) is 17.7. The number of hydrogen-bond acceptors (Lipinski definition) is 4. The van der Waals surface area contributed by atoms with Crippen LogP contribution in [-0.4, -0.2) is 52.0 Å². The van der Waals surface area contributed by atoms with Crippen LogP contribution in [0, 0.1) is 5.41 Å². The number of rotatable bonds is 6. The Labute approximate surface area is 127 Å². The molecule has 1 saturated heterocycles. The smallest absolute Gasteiger partial charge is 0.250 e. The molecule has 6 heteroatoms. The van der Waals surface area contributed by atoms with Crippen LogP contribution in [0.25, 0.3) is 0 Å². The number of methoxy groups -OCH3 is 1. The lowest BCUT2D eigenvalue weighted by Crippen LogP contribution is -2.49. The number of hydrogen-bond donors (Lipinski definition) is 2. The molecule has 1 aliphatic carbocycles. The van der Waals surface area contributed by atoms with E-state index >= 15 is 0 Å². The van der Waals surface area contributed by atoms with E-state index in [2.05, 4.69) is 10.6 Å². The zero-order valence-corrected chi connectivity index (χ0v) is 13.1. The molecule has 1 unspecified atom stereocenters. The lowest BCUT2D eigenvalue weighted by Gasteiger charge is -2.30. The summed E-state index contributed by atoms with van der Waals surface area (Å²) in [5.74, 6) is 0.0240. The van der Waals surface area contributed by atoms with Crippen molar-refractivity contribution in [1.29, 1.82) is 0 Å². The molecular formula is C14H27ClN2O3. The molecule has 0 spiro atoms. The molecule has 2 rings (SSSR count). The fourth-order valence-corrected chi connectivity index (χ4v) is 3.08. The zero-order chi connectivity index (χ0) is 13.6. The summed E-state index contributed by atoms with van der Waals surface area (Å²) >= 11 is 0. The maximum atomic E-state index is 12.1. The molecular weight excluding hydrogens is 280 g/mol. The summed E-state index contributed by atoms with van der Waals surface area (Å²) in [7, 11) is 1.74. The Morgan fingerprint density at radius 3 is 2.80 bits per heavy atom. The highest BCUT2D eigenvalue weighted by molar-refractivity contribution is 5.85. The molecule has 1 heterocycles. The van der Waals surface area contributed by atoms with Gasteiger partial charge in [-0.1, -0.05) is 12.8 Å². The Hall–Kier alpha value is -0.360. The van der Waals surface area contributed by atoms with Gasteiger partial charge < -0.3 is 20.1 Å². The first-order valence-corrected chi connectivity index (χ1v) is 7.35. The Morgan fingerprint density at radius 1 is 1.45 bits per heavy atom. The van der Waals surface area contributed by atoms with Crippen molar-refractivity contribution in [2.45, 2.75) is 38.2 Å². The van der Waals surface area contributed by atoms with Gasteiger partial charge in [0.05, 0.1) is 6.61 Å². The van der Waals surface area contributed by atoms with Crippen LogP contribution < -0.4 is 10.6 Å². The minimum atomic E-state index is -0.324. The number of morpholine rings is 1. The largest absolute Gasteiger partial charge is 0.385 e. The van der Waals surface area contributed by atoms with Crippen LogP contribution in [0.5, 0.6) is 0 Å². The van der Waals surface area contributed by atoms with Gasteiger partial charge in [-0.25, -0.2) is 0 Å². The standard InChI is InChI=1S/C14H26N2O3.ClH/c1-18-8-6-14(4-2-3-5-14)11-16-13(17)12-10-15-7-9-19-12;/h12,15H,2-11H2,1H3,(H,16,17);1H. The molecule has 2 N–H and O–H groups in total. The lowest BCUT2D eigenvalue weighted by molar-refractivity contribution is -0.134. The third-order valence-electron chi connectivity index (χ3n) is 4.36. The molecule has 0 radical (unpaired) electrons. The zero-order valence-electron chi connectivity index (χ0n) is 12.3. The predicted octanol–water partition coefficient (Wildman–Crippen LogP) is 1.11. The van der Waals surface area contributed by atoms with Gasteiger partial charge in [0.15, 0.2) is 0 Å². The molecule has 0 aromatic rings. The van der Waals surface area contributed by atoms with Gasteiger partial charge in [0, 0.05) is 33.4 Å². The highest BCUT2D eigenvalue weighted by Gasteiger charge is 2.34. The topological polar surface area (TPSA) is 59.6 Å². The first-order chi connectivity index (χ1) is 9.26. The van der Waals surface area contributed by atoms with Crippen molar-refractivity contribution in [2.24, 2.45) is 5.41 Å². The molecule has 0 bridgehead atoms. The van der Waals surface area contributed by atoms with E-state index in [0.29, 0.717) is 13.2 Å². The van der Waals surface area contributed by atoms with Gasteiger partial charge in [-0.2, -0.15) is 0 Å². The van der Waals surface area contributed by atoms with Crippen LogP contribution in [0.1, 0.15) is 32.1 Å². The highest BCUT2D eigenvalue weighted by Crippen LogP contribution is 2.40. The average Bonchev–Trinajstić information content (AvgIpc) is 2.93. The lowest BCUT2D eigenvalue weighted by atomic mass is 9.83. The molecule has 1 aliphatic heterocycles. The van der Waals surface area contributed by atoms with Crippen molar-refractivity contribution in [2.75, 3.05) is 40.0 Å². The molecule has 1 amide bonds. The molecule has 1 atom stereocenters. The fourth-order valence-electron chi connectivity index (χ4n) is 3.08. The van der Waals surface area contributed by atoms with Gasteiger partial charge in [-0.15, -0.1) is 12.4 Å². The SMILES string of the molecule is COCCC1(CNC(=O)C2CNCCO2)CCCC1.Cl. The van der Waals surface area contributed by atoms with Gasteiger partial charge in [0.25, 0.3) is 0 Å². The summed E-state index contributed by atoms with van der Waals surface area (Å²) < 4.78 is 10.7. The van der Waals surface area contributed by atoms with Gasteiger partial charge in [0.2, 0.25) is 5.91 Å². The average molecular weight is 307 g/mol. The Morgan fingerprint density at radius 2 is 2.20 bits per heavy atom. The van der Waals surface area contributed by atoms with E-state index in [1.165, 1.54) is 25.7 Å². The number of halogens is 1. The van der Waals surface area contributed by atoms with E-state index in [-0.39, 0.29) is 29.8 Å². The summed E-state index contributed by atoms with van der Waals surface area (Å²) in [4.78, 5) is 12.1. The van der Waals surface area contributed by atoms with E-state index < -0.39 is 0 Å². The van der Waals surface area contributed by atoms with Gasteiger partial charge in [0.1, 0.15) is 6.10 Å². The molecule has 0 aromatic carbocycles. The number of carbonyl (C=O) groups excluding carboxylic acids is 1. The van der Waals surface area contributed by atoms with Crippen molar-refractivity contribution >= 4 is 18.3 Å². The van der Waals surface area contributed by atoms with Crippen LogP contribution in [-0.2, 0) is 14.3 Å².